The SMILES string of the molecule is CN(C)c1cccc(C(=O)N2C[C@H](O)[C@H](O)[C@H]2C(=O)NC(C)(C)CC(C)(C)C)c1. The lowest BCUT2D eigenvalue weighted by Crippen LogP contribution is -2.56. The molecular weight excluding hydrogens is 370 g/mol. The van der Waals surface area contributed by atoms with E-state index in [2.05, 4.69) is 26.1 Å². The number of nitrogens with zero attached hydrogens (tertiary/aromatic N) is 2. The maximum Gasteiger partial charge on any atom is 0.254 e. The standard InChI is InChI=1S/C22H35N3O4/c1-21(2,3)13-22(4,5)23-19(28)17-18(27)16(26)12-25(17)20(29)14-9-8-10-15(11-14)24(6)7/h8-11,16-18,26-27H,12-13H2,1-7H3,(H,23,28)/t16-,17-,18-/m0/s1. The summed E-state index contributed by atoms with van der Waals surface area (Å²) in [5.41, 5.74) is 0.724. The van der Waals surface area contributed by atoms with Gasteiger partial charge in [0.25, 0.3) is 5.91 Å². The molecule has 0 radical (unpaired) electrons. The summed E-state index contributed by atoms with van der Waals surface area (Å²) in [7, 11) is 3.75. The Hall–Kier alpha value is -2.12. The molecule has 2 rings (SSSR count). The Labute approximate surface area is 173 Å². The van der Waals surface area contributed by atoms with E-state index in [1.807, 2.05) is 38.9 Å². The van der Waals surface area contributed by atoms with Crippen molar-refractivity contribution < 1.29 is 19.8 Å². The third-order valence-electron chi connectivity index (χ3n) is 5.01. The average molecular weight is 406 g/mol. The zero-order valence-electron chi connectivity index (χ0n) is 18.6. The highest BCUT2D eigenvalue weighted by molar-refractivity contribution is 5.99. The summed E-state index contributed by atoms with van der Waals surface area (Å²) in [5, 5.41) is 23.6. The number of hydrogen-bond acceptors (Lipinski definition) is 5. The number of rotatable bonds is 5. The number of aliphatic hydroxyl groups is 2. The molecule has 162 valence electrons. The molecule has 1 aliphatic heterocycles. The van der Waals surface area contributed by atoms with Crippen molar-refractivity contribution in [3.8, 4) is 0 Å². The van der Waals surface area contributed by atoms with E-state index in [9.17, 15) is 19.8 Å². The highest BCUT2D eigenvalue weighted by Crippen LogP contribution is 2.28. The summed E-state index contributed by atoms with van der Waals surface area (Å²) in [6.45, 7) is 10.00. The monoisotopic (exact) mass is 405 g/mol. The van der Waals surface area contributed by atoms with Crippen LogP contribution in [-0.2, 0) is 4.79 Å². The second-order valence-corrected chi connectivity index (χ2v) is 10.0. The van der Waals surface area contributed by atoms with Crippen molar-refractivity contribution in [2.75, 3.05) is 25.5 Å². The second kappa shape index (κ2) is 8.32. The minimum absolute atomic E-state index is 0.00723. The van der Waals surface area contributed by atoms with Gasteiger partial charge in [0.1, 0.15) is 18.2 Å². The number of amides is 2. The molecule has 1 aromatic carbocycles. The van der Waals surface area contributed by atoms with Gasteiger partial charge >= 0.3 is 0 Å². The van der Waals surface area contributed by atoms with Crippen LogP contribution >= 0.6 is 0 Å². The Kier molecular flexibility index (Phi) is 6.65. The Morgan fingerprint density at radius 3 is 2.34 bits per heavy atom. The third kappa shape index (κ3) is 5.70. The number of nitrogens with one attached hydrogen (secondary N) is 1. The number of aliphatic hydroxyl groups excluding tert-OH is 2. The Morgan fingerprint density at radius 1 is 1.17 bits per heavy atom. The van der Waals surface area contributed by atoms with Gasteiger partial charge in [0.05, 0.1) is 6.54 Å². The number of likely N-dealkylation sites (tertiary alicyclic amines) is 1. The molecule has 0 bridgehead atoms. The molecule has 1 saturated heterocycles. The fraction of sp³-hybridized carbons (Fsp3) is 0.636. The fourth-order valence-corrected chi connectivity index (χ4v) is 4.18. The van der Waals surface area contributed by atoms with Crippen LogP contribution in [0.4, 0.5) is 5.69 Å². The summed E-state index contributed by atoms with van der Waals surface area (Å²) in [4.78, 5) is 29.3. The lowest BCUT2D eigenvalue weighted by molar-refractivity contribution is -0.129. The van der Waals surface area contributed by atoms with Gasteiger partial charge in [-0.2, -0.15) is 0 Å². The minimum Gasteiger partial charge on any atom is -0.388 e. The van der Waals surface area contributed by atoms with E-state index >= 15 is 0 Å². The van der Waals surface area contributed by atoms with Crippen molar-refractivity contribution >= 4 is 17.5 Å². The van der Waals surface area contributed by atoms with Gasteiger partial charge in [-0.15, -0.1) is 0 Å². The predicted molar refractivity (Wildman–Crippen MR) is 114 cm³/mol. The first-order chi connectivity index (χ1) is 13.2. The highest BCUT2D eigenvalue weighted by Gasteiger charge is 2.47. The Balaban J connectivity index is 2.26. The van der Waals surface area contributed by atoms with E-state index in [0.29, 0.717) is 5.56 Å². The van der Waals surface area contributed by atoms with Crippen molar-refractivity contribution in [2.24, 2.45) is 5.41 Å². The topological polar surface area (TPSA) is 93.1 Å². The van der Waals surface area contributed by atoms with E-state index in [1.54, 1.807) is 18.2 Å². The zero-order valence-corrected chi connectivity index (χ0v) is 18.6. The van der Waals surface area contributed by atoms with Gasteiger partial charge in [-0.25, -0.2) is 0 Å². The molecule has 3 atom stereocenters. The molecule has 3 N–H and O–H groups in total. The molecule has 7 nitrogen and oxygen atoms in total. The van der Waals surface area contributed by atoms with Gasteiger partial charge in [-0.05, 0) is 43.9 Å². The third-order valence-corrected chi connectivity index (χ3v) is 5.01. The largest absolute Gasteiger partial charge is 0.388 e. The van der Waals surface area contributed by atoms with Crippen molar-refractivity contribution in [1.82, 2.24) is 10.2 Å². The van der Waals surface area contributed by atoms with Gasteiger partial charge in [-0.1, -0.05) is 26.8 Å². The van der Waals surface area contributed by atoms with Crippen LogP contribution in [0.15, 0.2) is 24.3 Å². The Morgan fingerprint density at radius 2 is 1.79 bits per heavy atom. The molecule has 0 aromatic heterocycles. The first-order valence-electron chi connectivity index (χ1n) is 9.98. The van der Waals surface area contributed by atoms with Gasteiger partial charge in [-0.3, -0.25) is 9.59 Å². The lowest BCUT2D eigenvalue weighted by Gasteiger charge is -2.35. The minimum atomic E-state index is -1.33. The second-order valence-electron chi connectivity index (χ2n) is 10.0. The van der Waals surface area contributed by atoms with E-state index in [4.69, 9.17) is 0 Å². The molecule has 1 fully saturated rings. The van der Waals surface area contributed by atoms with Crippen LogP contribution in [0.3, 0.4) is 0 Å². The number of benzene rings is 1. The quantitative estimate of drug-likeness (QED) is 0.692. The maximum absolute atomic E-state index is 13.1. The van der Waals surface area contributed by atoms with Crippen molar-refractivity contribution in [2.45, 2.75) is 64.8 Å². The predicted octanol–water partition coefficient (Wildman–Crippen LogP) is 1.63. The molecule has 0 saturated carbocycles. The average Bonchev–Trinajstić information content (AvgIpc) is 2.86. The summed E-state index contributed by atoms with van der Waals surface area (Å²) in [6, 6.07) is 5.92. The van der Waals surface area contributed by atoms with Crippen LogP contribution in [0.1, 0.15) is 51.4 Å². The van der Waals surface area contributed by atoms with E-state index in [0.717, 1.165) is 12.1 Å². The smallest absolute Gasteiger partial charge is 0.254 e. The zero-order chi connectivity index (χ0) is 22.1. The normalized spacial score (nSPS) is 22.5. The fourth-order valence-electron chi connectivity index (χ4n) is 4.18. The van der Waals surface area contributed by atoms with Crippen molar-refractivity contribution in [3.05, 3.63) is 29.8 Å². The molecule has 0 aliphatic carbocycles. The number of carbonyl (C=O) groups is 2. The molecule has 1 aliphatic rings. The summed E-state index contributed by atoms with van der Waals surface area (Å²) in [5.74, 6) is -0.849. The van der Waals surface area contributed by atoms with Crippen LogP contribution in [0.2, 0.25) is 0 Å². The van der Waals surface area contributed by atoms with Gasteiger partial charge in [0, 0.05) is 30.9 Å². The molecule has 0 unspecified atom stereocenters. The number of β-amino-alcohol motifs (C(OH)–C–C–N with tert-alkyl or cyclic N) is 1. The Bertz CT molecular complexity index is 755. The van der Waals surface area contributed by atoms with Crippen molar-refractivity contribution in [3.63, 3.8) is 0 Å². The van der Waals surface area contributed by atoms with E-state index < -0.39 is 35.6 Å². The van der Waals surface area contributed by atoms with E-state index in [-0.39, 0.29) is 12.0 Å². The number of anilines is 1. The lowest BCUT2D eigenvalue weighted by atomic mass is 9.81. The summed E-state index contributed by atoms with van der Waals surface area (Å²) >= 11 is 0. The summed E-state index contributed by atoms with van der Waals surface area (Å²) in [6.07, 6.45) is -1.78. The molecule has 7 heteroatoms. The first-order valence-corrected chi connectivity index (χ1v) is 9.98. The molecule has 0 spiro atoms. The number of carbonyl (C=O) groups excluding carboxylic acids is 2. The molecule has 1 aromatic rings. The molecular formula is C22H35N3O4. The van der Waals surface area contributed by atoms with Crippen LogP contribution in [0.5, 0.6) is 0 Å². The molecule has 29 heavy (non-hydrogen) atoms. The van der Waals surface area contributed by atoms with Gasteiger partial charge in [0.2, 0.25) is 5.91 Å². The van der Waals surface area contributed by atoms with Gasteiger partial charge in [0.15, 0.2) is 0 Å². The van der Waals surface area contributed by atoms with E-state index in [1.165, 1.54) is 4.90 Å². The van der Waals surface area contributed by atoms with Crippen LogP contribution in [-0.4, -0.2) is 71.4 Å². The van der Waals surface area contributed by atoms with Crippen molar-refractivity contribution in [1.29, 1.82) is 0 Å². The highest BCUT2D eigenvalue weighted by atomic mass is 16.3. The maximum atomic E-state index is 13.1. The first kappa shape index (κ1) is 23.2. The summed E-state index contributed by atoms with van der Waals surface area (Å²) < 4.78 is 0. The van der Waals surface area contributed by atoms with Crippen LogP contribution in [0.25, 0.3) is 0 Å². The molecule has 2 amide bonds. The molecule has 1 heterocycles. The van der Waals surface area contributed by atoms with Crippen LogP contribution in [0, 0.1) is 5.41 Å². The van der Waals surface area contributed by atoms with Gasteiger partial charge < -0.3 is 25.3 Å². The van der Waals surface area contributed by atoms with Crippen LogP contribution < -0.4 is 10.2 Å². The number of hydrogen-bond donors (Lipinski definition) is 3.